The van der Waals surface area contributed by atoms with E-state index < -0.39 is 10.0 Å². The molecule has 0 aliphatic rings. The molecule has 102 valence electrons. The maximum absolute atomic E-state index is 12.2. The van der Waals surface area contributed by atoms with Crippen molar-refractivity contribution in [3.8, 4) is 0 Å². The van der Waals surface area contributed by atoms with Crippen LogP contribution >= 0.6 is 27.3 Å². The van der Waals surface area contributed by atoms with E-state index in [1.807, 2.05) is 19.9 Å². The van der Waals surface area contributed by atoms with Gasteiger partial charge < -0.3 is 0 Å². The van der Waals surface area contributed by atoms with Crippen LogP contribution in [0.1, 0.15) is 15.3 Å². The number of benzene rings is 1. The molecule has 0 aliphatic heterocycles. The molecule has 0 aliphatic carbocycles. The second kappa shape index (κ2) is 5.75. The summed E-state index contributed by atoms with van der Waals surface area (Å²) in [6.07, 6.45) is 0. The van der Waals surface area contributed by atoms with Gasteiger partial charge in [-0.15, -0.1) is 11.3 Å². The minimum Gasteiger partial charge on any atom is -0.207 e. The average molecular weight is 360 g/mol. The third kappa shape index (κ3) is 3.45. The van der Waals surface area contributed by atoms with Crippen LogP contribution in [0.3, 0.4) is 0 Å². The Hall–Kier alpha value is -0.690. The second-order valence-electron chi connectivity index (χ2n) is 4.21. The first-order valence-electron chi connectivity index (χ1n) is 5.70. The molecule has 2 aromatic rings. The lowest BCUT2D eigenvalue weighted by Crippen LogP contribution is -2.23. The molecule has 0 atom stereocenters. The summed E-state index contributed by atoms with van der Waals surface area (Å²) in [6.45, 7) is 4.38. The highest BCUT2D eigenvalue weighted by Crippen LogP contribution is 2.23. The molecule has 0 amide bonds. The number of hydrogen-bond donors (Lipinski definition) is 1. The lowest BCUT2D eigenvalue weighted by molar-refractivity contribution is 0.581. The van der Waals surface area contributed by atoms with Crippen LogP contribution in [0.15, 0.2) is 39.7 Å². The highest BCUT2D eigenvalue weighted by Gasteiger charge is 2.17. The van der Waals surface area contributed by atoms with E-state index >= 15 is 0 Å². The predicted octanol–water partition coefficient (Wildman–Crippen LogP) is 3.61. The Kier molecular flexibility index (Phi) is 4.45. The first-order chi connectivity index (χ1) is 8.90. The van der Waals surface area contributed by atoms with E-state index in [1.54, 1.807) is 35.6 Å². The number of aryl methyl sites for hydroxylation is 2. The van der Waals surface area contributed by atoms with Crippen molar-refractivity contribution in [2.24, 2.45) is 0 Å². The van der Waals surface area contributed by atoms with E-state index in [4.69, 9.17) is 0 Å². The molecule has 2 rings (SSSR count). The minimum absolute atomic E-state index is 0.264. The number of thiophene rings is 1. The molecule has 3 nitrogen and oxygen atoms in total. The number of rotatable bonds is 4. The van der Waals surface area contributed by atoms with Gasteiger partial charge in [0.05, 0.1) is 4.90 Å². The van der Waals surface area contributed by atoms with Gasteiger partial charge in [-0.25, -0.2) is 13.1 Å². The van der Waals surface area contributed by atoms with Crippen molar-refractivity contribution in [3.05, 3.63) is 50.1 Å². The largest absolute Gasteiger partial charge is 0.242 e. The second-order valence-corrected chi connectivity index (χ2v) is 8.14. The maximum atomic E-state index is 12.2. The van der Waals surface area contributed by atoms with Crippen molar-refractivity contribution in [1.29, 1.82) is 0 Å². The fourth-order valence-electron chi connectivity index (χ4n) is 1.64. The van der Waals surface area contributed by atoms with Crippen LogP contribution in [0.25, 0.3) is 0 Å². The first kappa shape index (κ1) is 14.7. The van der Waals surface area contributed by atoms with Gasteiger partial charge in [-0.3, -0.25) is 0 Å². The smallest absolute Gasteiger partial charge is 0.207 e. The molecule has 1 aromatic carbocycles. The van der Waals surface area contributed by atoms with Gasteiger partial charge in [0, 0.05) is 20.8 Å². The predicted molar refractivity (Wildman–Crippen MR) is 82.0 cm³/mol. The third-order valence-corrected chi connectivity index (χ3v) is 6.35. The molecule has 19 heavy (non-hydrogen) atoms. The van der Waals surface area contributed by atoms with Gasteiger partial charge in [0.15, 0.2) is 0 Å². The molecule has 1 N–H and O–H groups in total. The van der Waals surface area contributed by atoms with Crippen molar-refractivity contribution < 1.29 is 8.42 Å². The van der Waals surface area contributed by atoms with Gasteiger partial charge >= 0.3 is 0 Å². The van der Waals surface area contributed by atoms with Crippen molar-refractivity contribution in [1.82, 2.24) is 4.72 Å². The van der Waals surface area contributed by atoms with Gasteiger partial charge in [-0.2, -0.15) is 0 Å². The summed E-state index contributed by atoms with van der Waals surface area (Å²) < 4.78 is 27.6. The molecule has 0 bridgehead atoms. The number of hydrogen-bond acceptors (Lipinski definition) is 3. The monoisotopic (exact) mass is 359 g/mol. The van der Waals surface area contributed by atoms with Gasteiger partial charge in [0.1, 0.15) is 0 Å². The van der Waals surface area contributed by atoms with Crippen molar-refractivity contribution in [2.45, 2.75) is 25.3 Å². The Bertz CT molecular complexity index is 673. The molecule has 0 radical (unpaired) electrons. The van der Waals surface area contributed by atoms with Crippen molar-refractivity contribution >= 4 is 37.3 Å². The number of halogens is 1. The zero-order chi connectivity index (χ0) is 14.0. The van der Waals surface area contributed by atoms with Crippen LogP contribution in [-0.2, 0) is 16.6 Å². The van der Waals surface area contributed by atoms with E-state index in [0.29, 0.717) is 11.0 Å². The van der Waals surface area contributed by atoms with Gasteiger partial charge in [0.2, 0.25) is 10.0 Å². The molecule has 0 saturated carbocycles. The number of sulfonamides is 1. The Labute approximate surface area is 125 Å². The third-order valence-electron chi connectivity index (χ3n) is 2.78. The highest BCUT2D eigenvalue weighted by atomic mass is 79.9. The Morgan fingerprint density at radius 1 is 1.26 bits per heavy atom. The summed E-state index contributed by atoms with van der Waals surface area (Å²) in [5.74, 6) is 0. The standard InChI is InChI=1S/C13H14BrNO2S2/c1-9-7-11(18-10(9)2)8-15-19(16,17)13-6-4-3-5-12(13)14/h3-7,15H,8H2,1-2H3. The van der Waals surface area contributed by atoms with Crippen LogP contribution in [0.2, 0.25) is 0 Å². The SMILES string of the molecule is Cc1cc(CNS(=O)(=O)c2ccccc2Br)sc1C. The van der Waals surface area contributed by atoms with Gasteiger partial charge in [-0.1, -0.05) is 12.1 Å². The van der Waals surface area contributed by atoms with E-state index in [-0.39, 0.29) is 4.90 Å². The summed E-state index contributed by atoms with van der Waals surface area (Å²) in [5, 5.41) is 0. The zero-order valence-corrected chi connectivity index (χ0v) is 13.8. The first-order valence-corrected chi connectivity index (χ1v) is 8.79. The quantitative estimate of drug-likeness (QED) is 0.906. The fraction of sp³-hybridized carbons (Fsp3) is 0.231. The summed E-state index contributed by atoms with van der Waals surface area (Å²) >= 11 is 4.87. The van der Waals surface area contributed by atoms with Crippen molar-refractivity contribution in [2.75, 3.05) is 0 Å². The Morgan fingerprint density at radius 3 is 2.53 bits per heavy atom. The van der Waals surface area contributed by atoms with Crippen molar-refractivity contribution in [3.63, 3.8) is 0 Å². The summed E-state index contributed by atoms with van der Waals surface area (Å²) in [7, 11) is -3.48. The minimum atomic E-state index is -3.48. The molecule has 0 unspecified atom stereocenters. The lowest BCUT2D eigenvalue weighted by atomic mass is 10.3. The van der Waals surface area contributed by atoms with Crippen LogP contribution in [0.4, 0.5) is 0 Å². The molecule has 0 spiro atoms. The Balaban J connectivity index is 2.17. The summed E-state index contributed by atoms with van der Waals surface area (Å²) in [6, 6.07) is 8.81. The molecule has 6 heteroatoms. The fourth-order valence-corrected chi connectivity index (χ4v) is 4.74. The average Bonchev–Trinajstić information content (AvgIpc) is 2.67. The van der Waals surface area contributed by atoms with E-state index in [2.05, 4.69) is 20.7 Å². The summed E-state index contributed by atoms with van der Waals surface area (Å²) in [4.78, 5) is 2.50. The highest BCUT2D eigenvalue weighted by molar-refractivity contribution is 9.10. The van der Waals surface area contributed by atoms with Crippen LogP contribution in [0.5, 0.6) is 0 Å². The van der Waals surface area contributed by atoms with Gasteiger partial charge in [-0.05, 0) is 53.5 Å². The maximum Gasteiger partial charge on any atom is 0.242 e. The van der Waals surface area contributed by atoms with Crippen LogP contribution in [0, 0.1) is 13.8 Å². The van der Waals surface area contributed by atoms with Crippen LogP contribution < -0.4 is 4.72 Å². The number of nitrogens with one attached hydrogen (secondary N) is 1. The topological polar surface area (TPSA) is 46.2 Å². The molecular formula is C13H14BrNO2S2. The van der Waals surface area contributed by atoms with Gasteiger partial charge in [0.25, 0.3) is 0 Å². The Morgan fingerprint density at radius 2 is 1.95 bits per heavy atom. The molecule has 1 aromatic heterocycles. The molecule has 0 saturated heterocycles. The molecule has 0 fully saturated rings. The van der Waals surface area contributed by atoms with E-state index in [1.165, 1.54) is 10.4 Å². The van der Waals surface area contributed by atoms with E-state index in [0.717, 1.165) is 4.88 Å². The molecule has 1 heterocycles. The molecular weight excluding hydrogens is 346 g/mol. The van der Waals surface area contributed by atoms with E-state index in [9.17, 15) is 8.42 Å². The van der Waals surface area contributed by atoms with Crippen LogP contribution in [-0.4, -0.2) is 8.42 Å². The zero-order valence-electron chi connectivity index (χ0n) is 10.6. The lowest BCUT2D eigenvalue weighted by Gasteiger charge is -2.07. The normalized spacial score (nSPS) is 11.7. The summed E-state index contributed by atoms with van der Waals surface area (Å²) in [5.41, 5.74) is 1.19.